The van der Waals surface area contributed by atoms with E-state index < -0.39 is 5.60 Å². The Morgan fingerprint density at radius 1 is 1.30 bits per heavy atom. The molecule has 0 spiro atoms. The lowest BCUT2D eigenvalue weighted by molar-refractivity contribution is 0.0570. The summed E-state index contributed by atoms with van der Waals surface area (Å²) in [5, 5.41) is 9.91. The van der Waals surface area contributed by atoms with E-state index >= 15 is 0 Å². The molecule has 0 radical (unpaired) electrons. The van der Waals surface area contributed by atoms with Gasteiger partial charge in [-0.05, 0) is 38.3 Å². The van der Waals surface area contributed by atoms with Gasteiger partial charge in [0.25, 0.3) is 0 Å². The first-order valence-corrected chi connectivity index (χ1v) is 7.44. The SMILES string of the molecule is CCc1nc2ccccc2n1CCCCC(C)(O)CN. The van der Waals surface area contributed by atoms with Crippen molar-refractivity contribution in [2.75, 3.05) is 6.54 Å². The molecule has 1 heterocycles. The first-order valence-electron chi connectivity index (χ1n) is 7.44. The standard InChI is InChI=1S/C16H25N3O/c1-3-15-18-13-8-4-5-9-14(13)19(15)11-7-6-10-16(2,20)12-17/h4-5,8-9,20H,3,6-7,10-12,17H2,1-2H3. The van der Waals surface area contributed by atoms with E-state index in [1.54, 1.807) is 6.92 Å². The molecule has 0 aliphatic heterocycles. The minimum atomic E-state index is -0.732. The number of aliphatic hydroxyl groups is 1. The van der Waals surface area contributed by atoms with E-state index in [0.717, 1.165) is 43.6 Å². The van der Waals surface area contributed by atoms with E-state index in [0.29, 0.717) is 6.54 Å². The number of hydrogen-bond donors (Lipinski definition) is 2. The van der Waals surface area contributed by atoms with Crippen LogP contribution in [0.5, 0.6) is 0 Å². The number of benzene rings is 1. The Kier molecular flexibility index (Phi) is 4.78. The third kappa shape index (κ3) is 3.38. The van der Waals surface area contributed by atoms with Crippen molar-refractivity contribution >= 4 is 11.0 Å². The minimum Gasteiger partial charge on any atom is -0.389 e. The van der Waals surface area contributed by atoms with E-state index in [1.165, 1.54) is 5.52 Å². The highest BCUT2D eigenvalue weighted by atomic mass is 16.3. The predicted molar refractivity (Wildman–Crippen MR) is 82.6 cm³/mol. The fourth-order valence-corrected chi connectivity index (χ4v) is 2.52. The molecule has 0 saturated heterocycles. The second-order valence-electron chi connectivity index (χ2n) is 5.68. The number of aryl methyl sites for hydroxylation is 2. The maximum atomic E-state index is 9.91. The van der Waals surface area contributed by atoms with Crippen molar-refractivity contribution in [1.29, 1.82) is 0 Å². The number of hydrogen-bond acceptors (Lipinski definition) is 3. The van der Waals surface area contributed by atoms with Crippen molar-refractivity contribution < 1.29 is 5.11 Å². The molecule has 1 aromatic heterocycles. The van der Waals surface area contributed by atoms with Crippen LogP contribution in [0.15, 0.2) is 24.3 Å². The summed E-state index contributed by atoms with van der Waals surface area (Å²) in [6, 6.07) is 8.26. The summed E-state index contributed by atoms with van der Waals surface area (Å²) in [4.78, 5) is 4.67. The van der Waals surface area contributed by atoms with Gasteiger partial charge in [-0.25, -0.2) is 4.98 Å². The van der Waals surface area contributed by atoms with Crippen molar-refractivity contribution in [3.05, 3.63) is 30.1 Å². The van der Waals surface area contributed by atoms with Crippen molar-refractivity contribution in [3.8, 4) is 0 Å². The van der Waals surface area contributed by atoms with E-state index in [2.05, 4.69) is 34.7 Å². The highest BCUT2D eigenvalue weighted by Gasteiger charge is 2.17. The van der Waals surface area contributed by atoms with E-state index in [4.69, 9.17) is 5.73 Å². The van der Waals surface area contributed by atoms with Crippen LogP contribution in [0.2, 0.25) is 0 Å². The van der Waals surface area contributed by atoms with Crippen LogP contribution < -0.4 is 5.73 Å². The van der Waals surface area contributed by atoms with Gasteiger partial charge >= 0.3 is 0 Å². The second-order valence-corrected chi connectivity index (χ2v) is 5.68. The molecule has 0 amide bonds. The Labute approximate surface area is 120 Å². The van der Waals surface area contributed by atoms with Crippen molar-refractivity contribution in [2.24, 2.45) is 5.73 Å². The number of unbranched alkanes of at least 4 members (excludes halogenated alkanes) is 1. The highest BCUT2D eigenvalue weighted by molar-refractivity contribution is 5.75. The number of nitrogens with two attached hydrogens (primary N) is 1. The Morgan fingerprint density at radius 3 is 2.75 bits per heavy atom. The monoisotopic (exact) mass is 275 g/mol. The summed E-state index contributed by atoms with van der Waals surface area (Å²) in [7, 11) is 0. The number of fused-ring (bicyclic) bond motifs is 1. The summed E-state index contributed by atoms with van der Waals surface area (Å²) >= 11 is 0. The number of rotatable bonds is 7. The fourth-order valence-electron chi connectivity index (χ4n) is 2.52. The van der Waals surface area contributed by atoms with Gasteiger partial charge in [0.1, 0.15) is 5.82 Å². The van der Waals surface area contributed by atoms with Crippen LogP contribution in [0.3, 0.4) is 0 Å². The first-order chi connectivity index (χ1) is 9.57. The summed E-state index contributed by atoms with van der Waals surface area (Å²) in [6.07, 6.45) is 3.69. The molecule has 110 valence electrons. The Hall–Kier alpha value is -1.39. The molecule has 0 bridgehead atoms. The van der Waals surface area contributed by atoms with Gasteiger partial charge in [0, 0.05) is 19.5 Å². The molecule has 0 aliphatic carbocycles. The van der Waals surface area contributed by atoms with E-state index in [-0.39, 0.29) is 0 Å². The van der Waals surface area contributed by atoms with Gasteiger partial charge < -0.3 is 15.4 Å². The molecule has 1 aromatic carbocycles. The lowest BCUT2D eigenvalue weighted by atomic mass is 9.99. The van der Waals surface area contributed by atoms with Gasteiger partial charge in [0.15, 0.2) is 0 Å². The van der Waals surface area contributed by atoms with Gasteiger partial charge in [-0.1, -0.05) is 19.1 Å². The highest BCUT2D eigenvalue weighted by Crippen LogP contribution is 2.18. The van der Waals surface area contributed by atoms with Gasteiger partial charge in [-0.3, -0.25) is 0 Å². The number of nitrogens with zero attached hydrogens (tertiary/aromatic N) is 2. The zero-order valence-electron chi connectivity index (χ0n) is 12.5. The van der Waals surface area contributed by atoms with E-state index in [9.17, 15) is 5.11 Å². The lowest BCUT2D eigenvalue weighted by Gasteiger charge is -2.20. The topological polar surface area (TPSA) is 64.1 Å². The van der Waals surface area contributed by atoms with Crippen LogP contribution in [-0.2, 0) is 13.0 Å². The second kappa shape index (κ2) is 6.37. The minimum absolute atomic E-state index is 0.321. The average molecular weight is 275 g/mol. The first kappa shape index (κ1) is 15.0. The molecular weight excluding hydrogens is 250 g/mol. The molecule has 4 heteroatoms. The zero-order valence-corrected chi connectivity index (χ0v) is 12.5. The largest absolute Gasteiger partial charge is 0.389 e. The molecular formula is C16H25N3O. The molecule has 0 aliphatic rings. The fraction of sp³-hybridized carbons (Fsp3) is 0.562. The van der Waals surface area contributed by atoms with Crippen LogP contribution in [0.4, 0.5) is 0 Å². The molecule has 2 aromatic rings. The van der Waals surface area contributed by atoms with Gasteiger partial charge in [0.2, 0.25) is 0 Å². The van der Waals surface area contributed by atoms with Crippen LogP contribution >= 0.6 is 0 Å². The van der Waals surface area contributed by atoms with Crippen molar-refractivity contribution in [3.63, 3.8) is 0 Å². The Morgan fingerprint density at radius 2 is 2.05 bits per heavy atom. The van der Waals surface area contributed by atoms with Crippen LogP contribution in [-0.4, -0.2) is 26.8 Å². The maximum absolute atomic E-state index is 9.91. The summed E-state index contributed by atoms with van der Waals surface area (Å²) in [5.41, 5.74) is 7.08. The Bertz CT molecular complexity index is 560. The normalized spacial score (nSPS) is 14.6. The molecule has 0 fully saturated rings. The Balaban J connectivity index is 2.02. The van der Waals surface area contributed by atoms with Gasteiger partial charge in [-0.15, -0.1) is 0 Å². The molecule has 1 atom stereocenters. The molecule has 20 heavy (non-hydrogen) atoms. The number of aromatic nitrogens is 2. The molecule has 3 N–H and O–H groups in total. The molecule has 0 saturated carbocycles. The van der Waals surface area contributed by atoms with Crippen LogP contribution in [0.25, 0.3) is 11.0 Å². The quantitative estimate of drug-likeness (QED) is 0.763. The van der Waals surface area contributed by atoms with Crippen LogP contribution in [0, 0.1) is 0 Å². The van der Waals surface area contributed by atoms with Crippen molar-refractivity contribution in [1.82, 2.24) is 9.55 Å². The van der Waals surface area contributed by atoms with Gasteiger partial charge in [0.05, 0.1) is 16.6 Å². The van der Waals surface area contributed by atoms with Crippen molar-refractivity contribution in [2.45, 2.75) is 51.7 Å². The predicted octanol–water partition coefficient (Wildman–Crippen LogP) is 2.48. The zero-order chi connectivity index (χ0) is 14.6. The van der Waals surface area contributed by atoms with E-state index in [1.807, 2.05) is 6.07 Å². The molecule has 1 unspecified atom stereocenters. The third-order valence-electron chi connectivity index (χ3n) is 3.84. The maximum Gasteiger partial charge on any atom is 0.109 e. The van der Waals surface area contributed by atoms with Crippen LogP contribution in [0.1, 0.15) is 38.9 Å². The third-order valence-corrected chi connectivity index (χ3v) is 3.84. The average Bonchev–Trinajstić information content (AvgIpc) is 2.81. The van der Waals surface area contributed by atoms with Gasteiger partial charge in [-0.2, -0.15) is 0 Å². The molecule has 2 rings (SSSR count). The smallest absolute Gasteiger partial charge is 0.109 e. The number of para-hydroxylation sites is 2. The number of imidazole rings is 1. The summed E-state index contributed by atoms with van der Waals surface area (Å²) in [5.74, 6) is 1.14. The summed E-state index contributed by atoms with van der Waals surface area (Å²) in [6.45, 7) is 5.21. The summed E-state index contributed by atoms with van der Waals surface area (Å²) < 4.78 is 2.30. The molecule has 4 nitrogen and oxygen atoms in total. The lowest BCUT2D eigenvalue weighted by Crippen LogP contribution is -2.33.